The van der Waals surface area contributed by atoms with Crippen LogP contribution >= 0.6 is 11.3 Å². The van der Waals surface area contributed by atoms with Crippen molar-refractivity contribution in [2.75, 3.05) is 12.3 Å². The number of rotatable bonds is 5. The van der Waals surface area contributed by atoms with Gasteiger partial charge in [0.25, 0.3) is 0 Å². The molecule has 0 aliphatic rings. The molecule has 0 spiro atoms. The van der Waals surface area contributed by atoms with Crippen LogP contribution < -0.4 is 5.73 Å². The Labute approximate surface area is 114 Å². The number of carbonyl (C=O) groups is 2. The molecule has 1 rings (SSSR count). The lowest BCUT2D eigenvalue weighted by atomic mass is 10.2. The Balaban J connectivity index is 2.96. The van der Waals surface area contributed by atoms with E-state index in [2.05, 4.69) is 15.0 Å². The van der Waals surface area contributed by atoms with Crippen molar-refractivity contribution in [3.05, 3.63) is 11.1 Å². The van der Waals surface area contributed by atoms with Crippen LogP contribution in [0.15, 0.2) is 10.5 Å². The van der Waals surface area contributed by atoms with E-state index in [9.17, 15) is 9.59 Å². The maximum absolute atomic E-state index is 11.7. The molecule has 7 nitrogen and oxygen atoms in total. The van der Waals surface area contributed by atoms with Crippen LogP contribution in [0, 0.1) is 5.92 Å². The third-order valence-corrected chi connectivity index (χ3v) is 2.61. The summed E-state index contributed by atoms with van der Waals surface area (Å²) in [5.41, 5.74) is 5.53. The van der Waals surface area contributed by atoms with Gasteiger partial charge in [0.15, 0.2) is 5.13 Å². The molecule has 0 unspecified atom stereocenters. The minimum atomic E-state index is -0.718. The summed E-state index contributed by atoms with van der Waals surface area (Å²) in [6.07, 6.45) is 0. The van der Waals surface area contributed by atoms with Crippen molar-refractivity contribution in [2.24, 2.45) is 11.1 Å². The molecule has 0 saturated heterocycles. The van der Waals surface area contributed by atoms with Gasteiger partial charge in [-0.25, -0.2) is 14.6 Å². The van der Waals surface area contributed by atoms with E-state index in [-0.39, 0.29) is 29.1 Å². The number of carbonyl (C=O) groups excluding carboxylic acids is 2. The van der Waals surface area contributed by atoms with Gasteiger partial charge in [-0.1, -0.05) is 19.0 Å². The van der Waals surface area contributed by atoms with E-state index >= 15 is 0 Å². The molecule has 104 valence electrons. The lowest BCUT2D eigenvalue weighted by molar-refractivity contribution is -0.147. The average Bonchev–Trinajstić information content (AvgIpc) is 2.76. The summed E-state index contributed by atoms with van der Waals surface area (Å²) in [6, 6.07) is 0. The smallest absolute Gasteiger partial charge is 0.362 e. The number of anilines is 1. The normalized spacial score (nSPS) is 11.5. The van der Waals surface area contributed by atoms with Crippen molar-refractivity contribution < 1.29 is 19.2 Å². The molecular formula is C11H15N3O4S. The summed E-state index contributed by atoms with van der Waals surface area (Å²) in [7, 11) is 0. The molecule has 2 N–H and O–H groups in total. The van der Waals surface area contributed by atoms with Crippen LogP contribution in [0.4, 0.5) is 5.13 Å². The van der Waals surface area contributed by atoms with Gasteiger partial charge in [0.2, 0.25) is 5.71 Å². The van der Waals surface area contributed by atoms with Gasteiger partial charge in [-0.05, 0) is 6.92 Å². The van der Waals surface area contributed by atoms with Crippen LogP contribution in [-0.2, 0) is 19.2 Å². The third kappa shape index (κ3) is 4.32. The van der Waals surface area contributed by atoms with Gasteiger partial charge in [-0.15, -0.1) is 11.3 Å². The van der Waals surface area contributed by atoms with Crippen LogP contribution in [0.3, 0.4) is 0 Å². The van der Waals surface area contributed by atoms with Crippen molar-refractivity contribution in [1.29, 1.82) is 0 Å². The number of nitrogen functional groups attached to an aromatic ring is 1. The highest BCUT2D eigenvalue weighted by Crippen LogP contribution is 2.13. The quantitative estimate of drug-likeness (QED) is 0.377. The van der Waals surface area contributed by atoms with E-state index in [1.807, 2.05) is 0 Å². The Hall–Kier alpha value is -1.96. The number of hydrogen-bond donors (Lipinski definition) is 1. The van der Waals surface area contributed by atoms with Gasteiger partial charge in [-0.3, -0.25) is 0 Å². The predicted octanol–water partition coefficient (Wildman–Crippen LogP) is 1.19. The Morgan fingerprint density at radius 2 is 2.21 bits per heavy atom. The molecule has 19 heavy (non-hydrogen) atoms. The average molecular weight is 285 g/mol. The monoisotopic (exact) mass is 285 g/mol. The lowest BCUT2D eigenvalue weighted by Gasteiger charge is -2.04. The molecule has 0 saturated carbocycles. The minimum Gasteiger partial charge on any atom is -0.461 e. The number of aromatic nitrogens is 1. The molecule has 1 heterocycles. The predicted molar refractivity (Wildman–Crippen MR) is 70.6 cm³/mol. The first-order chi connectivity index (χ1) is 8.95. The van der Waals surface area contributed by atoms with Crippen LogP contribution in [-0.4, -0.2) is 29.2 Å². The van der Waals surface area contributed by atoms with Crippen molar-refractivity contribution in [3.8, 4) is 0 Å². The van der Waals surface area contributed by atoms with Gasteiger partial charge in [-0.2, -0.15) is 0 Å². The van der Waals surface area contributed by atoms with Gasteiger partial charge in [0.1, 0.15) is 5.69 Å². The lowest BCUT2D eigenvalue weighted by Crippen LogP contribution is -2.21. The fourth-order valence-corrected chi connectivity index (χ4v) is 1.53. The van der Waals surface area contributed by atoms with Crippen molar-refractivity contribution >= 4 is 34.1 Å². The third-order valence-electron chi connectivity index (χ3n) is 1.93. The van der Waals surface area contributed by atoms with E-state index in [1.165, 1.54) is 5.38 Å². The van der Waals surface area contributed by atoms with E-state index < -0.39 is 11.9 Å². The number of ether oxygens (including phenoxy) is 1. The number of oxime groups is 1. The molecule has 0 aliphatic heterocycles. The topological polar surface area (TPSA) is 104 Å². The second kappa shape index (κ2) is 6.83. The van der Waals surface area contributed by atoms with E-state index in [0.29, 0.717) is 0 Å². The summed E-state index contributed by atoms with van der Waals surface area (Å²) in [6.45, 7) is 5.14. The molecule has 0 radical (unpaired) electrons. The SMILES string of the molecule is CCOC(=O)/C(=N\OC(=O)C(C)C)c1csc(N)n1. The first-order valence-electron chi connectivity index (χ1n) is 5.63. The molecule has 0 amide bonds. The van der Waals surface area contributed by atoms with Gasteiger partial charge in [0.05, 0.1) is 12.5 Å². The highest BCUT2D eigenvalue weighted by Gasteiger charge is 2.20. The van der Waals surface area contributed by atoms with Crippen molar-refractivity contribution in [1.82, 2.24) is 4.98 Å². The van der Waals surface area contributed by atoms with Gasteiger partial charge < -0.3 is 15.3 Å². The fourth-order valence-electron chi connectivity index (χ4n) is 0.980. The summed E-state index contributed by atoms with van der Waals surface area (Å²) in [4.78, 5) is 31.6. The first kappa shape index (κ1) is 15.1. The van der Waals surface area contributed by atoms with E-state index in [0.717, 1.165) is 11.3 Å². The number of nitrogens with zero attached hydrogens (tertiary/aromatic N) is 2. The van der Waals surface area contributed by atoms with E-state index in [4.69, 9.17) is 10.5 Å². The molecule has 0 aliphatic carbocycles. The van der Waals surface area contributed by atoms with Crippen LogP contribution in [0.2, 0.25) is 0 Å². The van der Waals surface area contributed by atoms with E-state index in [1.54, 1.807) is 20.8 Å². The molecular weight excluding hydrogens is 270 g/mol. The van der Waals surface area contributed by atoms with Gasteiger partial charge >= 0.3 is 11.9 Å². The van der Waals surface area contributed by atoms with Crippen LogP contribution in [0.25, 0.3) is 0 Å². The molecule has 0 fully saturated rings. The number of thiazole rings is 1. The van der Waals surface area contributed by atoms with Gasteiger partial charge in [0, 0.05) is 5.38 Å². The Kier molecular flexibility index (Phi) is 5.43. The van der Waals surface area contributed by atoms with Crippen LogP contribution in [0.5, 0.6) is 0 Å². The Morgan fingerprint density at radius 3 is 2.68 bits per heavy atom. The highest BCUT2D eigenvalue weighted by molar-refractivity contribution is 7.13. The first-order valence-corrected chi connectivity index (χ1v) is 6.51. The number of esters is 1. The molecule has 8 heteroatoms. The van der Waals surface area contributed by atoms with Crippen molar-refractivity contribution in [2.45, 2.75) is 20.8 Å². The summed E-state index contributed by atoms with van der Waals surface area (Å²) >= 11 is 1.15. The standard InChI is InChI=1S/C11H15N3O4S/c1-4-17-10(16)8(7-5-19-11(12)13-7)14-18-9(15)6(2)3/h5-6H,4H2,1-3H3,(H2,12,13)/b14-8-. The molecule has 1 aromatic heterocycles. The maximum atomic E-state index is 11.7. The summed E-state index contributed by atoms with van der Waals surface area (Å²) in [5.74, 6) is -1.62. The summed E-state index contributed by atoms with van der Waals surface area (Å²) < 4.78 is 4.82. The number of hydrogen-bond acceptors (Lipinski definition) is 8. The van der Waals surface area contributed by atoms with Crippen LogP contribution in [0.1, 0.15) is 26.5 Å². The van der Waals surface area contributed by atoms with Crippen molar-refractivity contribution in [3.63, 3.8) is 0 Å². The largest absolute Gasteiger partial charge is 0.461 e. The zero-order valence-electron chi connectivity index (χ0n) is 10.9. The second-order valence-electron chi connectivity index (χ2n) is 3.80. The zero-order valence-corrected chi connectivity index (χ0v) is 11.7. The summed E-state index contributed by atoms with van der Waals surface area (Å²) in [5, 5.41) is 5.34. The maximum Gasteiger partial charge on any atom is 0.362 e. The molecule has 0 aromatic carbocycles. The highest BCUT2D eigenvalue weighted by atomic mass is 32.1. The zero-order chi connectivity index (χ0) is 14.4. The molecule has 1 aromatic rings. The second-order valence-corrected chi connectivity index (χ2v) is 4.69. The molecule has 0 bridgehead atoms. The number of nitrogens with two attached hydrogens (primary N) is 1. The fraction of sp³-hybridized carbons (Fsp3) is 0.455. The Morgan fingerprint density at radius 1 is 1.53 bits per heavy atom. The molecule has 0 atom stereocenters. The minimum absolute atomic E-state index is 0.176. The Bertz CT molecular complexity index is 496.